The molecule has 4 rings (SSSR count). The molecule has 0 aromatic heterocycles. The van der Waals surface area contributed by atoms with E-state index in [0.29, 0.717) is 10.7 Å². The molecule has 0 N–H and O–H groups in total. The van der Waals surface area contributed by atoms with Crippen LogP contribution in [0.2, 0.25) is 5.02 Å². The van der Waals surface area contributed by atoms with E-state index in [0.717, 1.165) is 16.8 Å². The molecule has 2 fully saturated rings. The number of anilines is 2. The number of halogens is 1. The third-order valence-electron chi connectivity index (χ3n) is 5.25. The topological polar surface area (TPSA) is 57.7 Å². The molecule has 26 heavy (non-hydrogen) atoms. The highest BCUT2D eigenvalue weighted by Gasteiger charge is 2.54. The summed E-state index contributed by atoms with van der Waals surface area (Å²) >= 11 is 6.31. The molecule has 0 radical (unpaired) electrons. The van der Waals surface area contributed by atoms with Gasteiger partial charge in [0.25, 0.3) is 0 Å². The van der Waals surface area contributed by atoms with Crippen LogP contribution in [0.25, 0.3) is 0 Å². The number of carbonyl (C=O) groups excluding carboxylic acids is 1. The maximum Gasteiger partial charge on any atom is 0.329 e. The normalized spacial score (nSPS) is 24.2. The number of urea groups is 1. The van der Waals surface area contributed by atoms with Gasteiger partial charge >= 0.3 is 6.03 Å². The van der Waals surface area contributed by atoms with Gasteiger partial charge < -0.3 is 0 Å². The lowest BCUT2D eigenvalue weighted by atomic mass is 10.1. The molecule has 5 nitrogen and oxygen atoms in total. The molecule has 0 spiro atoms. The van der Waals surface area contributed by atoms with Crippen molar-refractivity contribution in [2.45, 2.75) is 25.9 Å². The second kappa shape index (κ2) is 5.99. The van der Waals surface area contributed by atoms with Crippen molar-refractivity contribution < 1.29 is 13.2 Å². The molecule has 7 heteroatoms. The maximum atomic E-state index is 13.3. The predicted octanol–water partition coefficient (Wildman–Crippen LogP) is 3.57. The minimum absolute atomic E-state index is 0.0305. The van der Waals surface area contributed by atoms with Crippen LogP contribution in [0.15, 0.2) is 42.5 Å². The number of benzene rings is 2. The summed E-state index contributed by atoms with van der Waals surface area (Å²) in [5, 5.41) is 0.436. The van der Waals surface area contributed by atoms with Gasteiger partial charge in [0.05, 0.1) is 34.3 Å². The molecule has 2 aromatic rings. The van der Waals surface area contributed by atoms with Crippen LogP contribution in [0, 0.1) is 13.8 Å². The number of rotatable bonds is 2. The lowest BCUT2D eigenvalue weighted by Gasteiger charge is -2.23. The van der Waals surface area contributed by atoms with Crippen molar-refractivity contribution >= 4 is 38.8 Å². The lowest BCUT2D eigenvalue weighted by Crippen LogP contribution is -2.38. The Hall–Kier alpha value is -2.05. The van der Waals surface area contributed by atoms with Gasteiger partial charge in [-0.05, 0) is 49.2 Å². The van der Waals surface area contributed by atoms with Gasteiger partial charge in [-0.2, -0.15) is 0 Å². The van der Waals surface area contributed by atoms with Gasteiger partial charge in [-0.15, -0.1) is 0 Å². The first-order valence-electron chi connectivity index (χ1n) is 8.43. The molecule has 2 heterocycles. The summed E-state index contributed by atoms with van der Waals surface area (Å²) < 4.78 is 24.6. The third-order valence-corrected chi connectivity index (χ3v) is 7.27. The summed E-state index contributed by atoms with van der Waals surface area (Å²) in [7, 11) is -3.22. The standard InChI is InChI=1S/C19H19ClN2O3S/c1-12-7-8-14(9-13(12)2)21-17-10-26(24,25)11-18(17)22(19(21)23)16-6-4-3-5-15(16)20/h3-9,17-18H,10-11H2,1-2H3/t17-,18-/m0/s1. The fourth-order valence-corrected chi connectivity index (χ4v) is 5.96. The average Bonchev–Trinajstić information content (AvgIpc) is 3.00. The van der Waals surface area contributed by atoms with Crippen LogP contribution in [-0.4, -0.2) is 38.0 Å². The van der Waals surface area contributed by atoms with E-state index in [4.69, 9.17) is 11.6 Å². The van der Waals surface area contributed by atoms with Crippen molar-refractivity contribution in [1.29, 1.82) is 0 Å². The molecule has 0 bridgehead atoms. The Morgan fingerprint density at radius 3 is 2.27 bits per heavy atom. The molecule has 2 amide bonds. The molecular formula is C19H19ClN2O3S. The number of sulfone groups is 1. The Bertz CT molecular complexity index is 1010. The molecule has 2 atom stereocenters. The van der Waals surface area contributed by atoms with Crippen LogP contribution in [0.1, 0.15) is 11.1 Å². The number of amides is 2. The van der Waals surface area contributed by atoms with E-state index in [1.807, 2.05) is 32.0 Å². The first-order valence-corrected chi connectivity index (χ1v) is 10.6. The number of carbonyl (C=O) groups is 1. The van der Waals surface area contributed by atoms with Crippen molar-refractivity contribution in [3.05, 3.63) is 58.6 Å². The molecule has 0 aliphatic carbocycles. The molecule has 2 aliphatic heterocycles. The zero-order valence-corrected chi connectivity index (χ0v) is 16.1. The number of fused-ring (bicyclic) bond motifs is 1. The lowest BCUT2D eigenvalue weighted by molar-refractivity contribution is 0.255. The van der Waals surface area contributed by atoms with Gasteiger partial charge in [0.1, 0.15) is 0 Å². The molecule has 2 aliphatic rings. The van der Waals surface area contributed by atoms with E-state index in [1.54, 1.807) is 34.1 Å². The Kier molecular flexibility index (Phi) is 4.00. The number of para-hydroxylation sites is 1. The van der Waals surface area contributed by atoms with E-state index < -0.39 is 21.9 Å². The maximum absolute atomic E-state index is 13.3. The number of aryl methyl sites for hydroxylation is 2. The summed E-state index contributed by atoms with van der Waals surface area (Å²) in [6.07, 6.45) is 0. The van der Waals surface area contributed by atoms with Crippen LogP contribution in [0.5, 0.6) is 0 Å². The van der Waals surface area contributed by atoms with Gasteiger partial charge in [-0.25, -0.2) is 13.2 Å². The molecular weight excluding hydrogens is 372 g/mol. The van der Waals surface area contributed by atoms with Gasteiger partial charge in [0.15, 0.2) is 9.84 Å². The monoisotopic (exact) mass is 390 g/mol. The number of hydrogen-bond donors (Lipinski definition) is 0. The minimum Gasteiger partial charge on any atom is -0.288 e. The van der Waals surface area contributed by atoms with Crippen LogP contribution in [0.3, 0.4) is 0 Å². The van der Waals surface area contributed by atoms with Gasteiger partial charge in [-0.3, -0.25) is 9.80 Å². The van der Waals surface area contributed by atoms with Gasteiger partial charge in [0.2, 0.25) is 0 Å². The fraction of sp³-hybridized carbons (Fsp3) is 0.316. The number of nitrogens with zero attached hydrogens (tertiary/aromatic N) is 2. The highest BCUT2D eigenvalue weighted by atomic mass is 35.5. The van der Waals surface area contributed by atoms with Crippen LogP contribution < -0.4 is 9.80 Å². The van der Waals surface area contributed by atoms with Crippen molar-refractivity contribution in [2.24, 2.45) is 0 Å². The smallest absolute Gasteiger partial charge is 0.288 e. The third kappa shape index (κ3) is 2.68. The Balaban J connectivity index is 1.84. The average molecular weight is 391 g/mol. The summed E-state index contributed by atoms with van der Waals surface area (Å²) in [6, 6.07) is 11.7. The minimum atomic E-state index is -3.22. The van der Waals surface area contributed by atoms with Crippen molar-refractivity contribution in [3.8, 4) is 0 Å². The molecule has 2 saturated heterocycles. The first kappa shape index (κ1) is 17.4. The van der Waals surface area contributed by atoms with Crippen molar-refractivity contribution in [3.63, 3.8) is 0 Å². The quantitative estimate of drug-likeness (QED) is 0.736. The first-order chi connectivity index (χ1) is 12.3. The molecule has 136 valence electrons. The SMILES string of the molecule is Cc1ccc(N2C(=O)N(c3ccccc3Cl)[C@H]3CS(=O)(=O)C[C@@H]32)cc1C. The highest BCUT2D eigenvalue weighted by molar-refractivity contribution is 7.91. The van der Waals surface area contributed by atoms with Crippen LogP contribution in [0.4, 0.5) is 16.2 Å². The largest absolute Gasteiger partial charge is 0.329 e. The summed E-state index contributed by atoms with van der Waals surface area (Å²) in [5.41, 5.74) is 3.46. The van der Waals surface area contributed by atoms with Crippen LogP contribution in [-0.2, 0) is 9.84 Å². The second-order valence-electron chi connectivity index (χ2n) is 6.95. The van der Waals surface area contributed by atoms with E-state index >= 15 is 0 Å². The van der Waals surface area contributed by atoms with E-state index in [1.165, 1.54) is 0 Å². The highest BCUT2D eigenvalue weighted by Crippen LogP contribution is 2.40. The van der Waals surface area contributed by atoms with Gasteiger partial charge in [0, 0.05) is 5.69 Å². The summed E-state index contributed by atoms with van der Waals surface area (Å²) in [6.45, 7) is 3.98. The van der Waals surface area contributed by atoms with Crippen molar-refractivity contribution in [2.75, 3.05) is 21.3 Å². The summed E-state index contributed by atoms with van der Waals surface area (Å²) in [4.78, 5) is 16.4. The zero-order chi connectivity index (χ0) is 18.6. The van der Waals surface area contributed by atoms with Gasteiger partial charge in [-0.1, -0.05) is 29.8 Å². The molecule has 0 saturated carbocycles. The predicted molar refractivity (Wildman–Crippen MR) is 104 cm³/mol. The van der Waals surface area contributed by atoms with E-state index in [2.05, 4.69) is 0 Å². The fourth-order valence-electron chi connectivity index (χ4n) is 3.81. The Morgan fingerprint density at radius 2 is 1.62 bits per heavy atom. The molecule has 0 unspecified atom stereocenters. The van der Waals surface area contributed by atoms with Crippen molar-refractivity contribution in [1.82, 2.24) is 0 Å². The van der Waals surface area contributed by atoms with E-state index in [9.17, 15) is 13.2 Å². The number of hydrogen-bond acceptors (Lipinski definition) is 3. The van der Waals surface area contributed by atoms with E-state index in [-0.39, 0.29) is 17.5 Å². The second-order valence-corrected chi connectivity index (χ2v) is 9.52. The zero-order valence-electron chi connectivity index (χ0n) is 14.5. The molecule has 2 aromatic carbocycles. The van der Waals surface area contributed by atoms with Crippen LogP contribution >= 0.6 is 11.6 Å². The summed E-state index contributed by atoms with van der Waals surface area (Å²) in [5.74, 6) is -0.0761. The Labute approximate surface area is 158 Å². The Morgan fingerprint density at radius 1 is 0.962 bits per heavy atom.